The zero-order valence-electron chi connectivity index (χ0n) is 16.4. The first kappa shape index (κ1) is 19.5. The third kappa shape index (κ3) is 4.71. The molecule has 0 fully saturated rings. The number of nitrogens with one attached hydrogen (secondary N) is 1. The van der Waals surface area contributed by atoms with Gasteiger partial charge in [-0.1, -0.05) is 17.7 Å². The van der Waals surface area contributed by atoms with E-state index < -0.39 is 0 Å². The summed E-state index contributed by atoms with van der Waals surface area (Å²) in [6.45, 7) is 6.40. The molecule has 3 aromatic rings. The van der Waals surface area contributed by atoms with E-state index >= 15 is 0 Å². The van der Waals surface area contributed by atoms with Crippen molar-refractivity contribution in [3.05, 3.63) is 75.8 Å². The summed E-state index contributed by atoms with van der Waals surface area (Å²) in [6.07, 6.45) is 4.22. The van der Waals surface area contributed by atoms with Gasteiger partial charge < -0.3 is 5.32 Å². The first-order valence-electron chi connectivity index (χ1n) is 9.30. The van der Waals surface area contributed by atoms with Gasteiger partial charge in [-0.25, -0.2) is 4.68 Å². The van der Waals surface area contributed by atoms with Gasteiger partial charge in [-0.05, 0) is 56.5 Å². The number of amides is 1. The van der Waals surface area contributed by atoms with Crippen molar-refractivity contribution in [3.8, 4) is 11.3 Å². The molecule has 0 radical (unpaired) electrons. The van der Waals surface area contributed by atoms with Gasteiger partial charge in [0.15, 0.2) is 0 Å². The molecule has 0 aliphatic heterocycles. The Hall–Kier alpha value is -3.28. The monoisotopic (exact) mass is 376 g/mol. The van der Waals surface area contributed by atoms with E-state index in [1.807, 2.05) is 32.9 Å². The van der Waals surface area contributed by atoms with E-state index in [9.17, 15) is 9.59 Å². The SMILES string of the molecule is Cc1cc(C)c(NC(=O)CCCn2nc(-c3ccncc3)ccc2=O)c(C)c1. The van der Waals surface area contributed by atoms with Crippen LogP contribution in [0.5, 0.6) is 0 Å². The molecular formula is C22H24N4O2. The third-order valence-electron chi connectivity index (χ3n) is 4.56. The Morgan fingerprint density at radius 3 is 2.39 bits per heavy atom. The van der Waals surface area contributed by atoms with Crippen molar-refractivity contribution < 1.29 is 4.79 Å². The van der Waals surface area contributed by atoms with E-state index in [-0.39, 0.29) is 11.5 Å². The minimum Gasteiger partial charge on any atom is -0.326 e. The second-order valence-corrected chi connectivity index (χ2v) is 6.94. The number of pyridine rings is 1. The molecule has 1 amide bonds. The molecule has 0 unspecified atom stereocenters. The standard InChI is InChI=1S/C22H24N4O2/c1-15-13-16(2)22(17(3)14-15)24-20(27)5-4-12-26-21(28)7-6-19(25-26)18-8-10-23-11-9-18/h6-11,13-14H,4-5,12H2,1-3H3,(H,24,27). The summed E-state index contributed by atoms with van der Waals surface area (Å²) in [5.74, 6) is -0.0617. The second kappa shape index (κ2) is 8.61. The molecule has 2 aromatic heterocycles. The Morgan fingerprint density at radius 1 is 1.04 bits per heavy atom. The number of hydrogen-bond donors (Lipinski definition) is 1. The van der Waals surface area contributed by atoms with Crippen molar-refractivity contribution in [2.24, 2.45) is 0 Å². The lowest BCUT2D eigenvalue weighted by Gasteiger charge is -2.13. The van der Waals surface area contributed by atoms with E-state index in [1.54, 1.807) is 18.5 Å². The summed E-state index contributed by atoms with van der Waals surface area (Å²) < 4.78 is 1.41. The molecule has 0 saturated carbocycles. The first-order valence-corrected chi connectivity index (χ1v) is 9.30. The lowest BCUT2D eigenvalue weighted by molar-refractivity contribution is -0.116. The van der Waals surface area contributed by atoms with E-state index in [1.165, 1.54) is 16.3 Å². The van der Waals surface area contributed by atoms with Crippen LogP contribution in [0.3, 0.4) is 0 Å². The Balaban J connectivity index is 1.62. The molecule has 0 spiro atoms. The summed E-state index contributed by atoms with van der Waals surface area (Å²) in [7, 11) is 0. The minimum atomic E-state index is -0.177. The molecule has 1 N–H and O–H groups in total. The topological polar surface area (TPSA) is 76.9 Å². The summed E-state index contributed by atoms with van der Waals surface area (Å²) in [6, 6.07) is 11.0. The Bertz CT molecular complexity index is 1020. The van der Waals surface area contributed by atoms with Crippen molar-refractivity contribution in [2.45, 2.75) is 40.2 Å². The van der Waals surface area contributed by atoms with Gasteiger partial charge in [0.2, 0.25) is 5.91 Å². The van der Waals surface area contributed by atoms with E-state index in [0.717, 1.165) is 22.4 Å². The number of hydrogen-bond acceptors (Lipinski definition) is 4. The van der Waals surface area contributed by atoms with Gasteiger partial charge in [-0.2, -0.15) is 5.10 Å². The average molecular weight is 376 g/mol. The normalized spacial score (nSPS) is 10.7. The smallest absolute Gasteiger partial charge is 0.266 e. The lowest BCUT2D eigenvalue weighted by Crippen LogP contribution is -2.23. The summed E-state index contributed by atoms with van der Waals surface area (Å²) in [5, 5.41) is 7.40. The molecule has 6 heteroatoms. The van der Waals surface area contributed by atoms with Gasteiger partial charge in [0.05, 0.1) is 5.69 Å². The van der Waals surface area contributed by atoms with Crippen molar-refractivity contribution in [2.75, 3.05) is 5.32 Å². The predicted molar refractivity (Wildman–Crippen MR) is 110 cm³/mol. The largest absolute Gasteiger partial charge is 0.326 e. The van der Waals surface area contributed by atoms with E-state index in [2.05, 4.69) is 27.5 Å². The Labute approximate surface area is 164 Å². The zero-order chi connectivity index (χ0) is 20.1. The summed E-state index contributed by atoms with van der Waals surface area (Å²) >= 11 is 0. The molecule has 144 valence electrons. The Kier molecular flexibility index (Phi) is 5.99. The number of benzene rings is 1. The third-order valence-corrected chi connectivity index (χ3v) is 4.56. The van der Waals surface area contributed by atoms with Crippen LogP contribution >= 0.6 is 0 Å². The predicted octanol–water partition coefficient (Wildman–Crippen LogP) is 3.65. The van der Waals surface area contributed by atoms with Crippen molar-refractivity contribution in [1.82, 2.24) is 14.8 Å². The number of rotatable bonds is 6. The van der Waals surface area contributed by atoms with Crippen LogP contribution in [0.25, 0.3) is 11.3 Å². The van der Waals surface area contributed by atoms with Crippen LogP contribution < -0.4 is 10.9 Å². The Morgan fingerprint density at radius 2 is 1.71 bits per heavy atom. The quantitative estimate of drug-likeness (QED) is 0.712. The van der Waals surface area contributed by atoms with Crippen LogP contribution in [-0.4, -0.2) is 20.7 Å². The number of nitrogens with zero attached hydrogens (tertiary/aromatic N) is 3. The van der Waals surface area contributed by atoms with Crippen LogP contribution in [-0.2, 0) is 11.3 Å². The van der Waals surface area contributed by atoms with Gasteiger partial charge in [0, 0.05) is 42.7 Å². The van der Waals surface area contributed by atoms with E-state index in [0.29, 0.717) is 25.1 Å². The second-order valence-electron chi connectivity index (χ2n) is 6.94. The van der Waals surface area contributed by atoms with E-state index in [4.69, 9.17) is 0 Å². The zero-order valence-corrected chi connectivity index (χ0v) is 16.4. The minimum absolute atomic E-state index is 0.0617. The van der Waals surface area contributed by atoms with Crippen LogP contribution in [0.2, 0.25) is 0 Å². The molecule has 0 aliphatic carbocycles. The summed E-state index contributed by atoms with van der Waals surface area (Å²) in [4.78, 5) is 28.4. The highest BCUT2D eigenvalue weighted by molar-refractivity contribution is 5.92. The van der Waals surface area contributed by atoms with Gasteiger partial charge in [-0.3, -0.25) is 14.6 Å². The molecule has 0 bridgehead atoms. The lowest BCUT2D eigenvalue weighted by atomic mass is 10.0. The highest BCUT2D eigenvalue weighted by Gasteiger charge is 2.09. The van der Waals surface area contributed by atoms with Crippen molar-refractivity contribution in [3.63, 3.8) is 0 Å². The van der Waals surface area contributed by atoms with Crippen LogP contribution in [0.15, 0.2) is 53.6 Å². The number of anilines is 1. The number of carbonyl (C=O) groups is 1. The van der Waals surface area contributed by atoms with Gasteiger partial charge in [0.1, 0.15) is 0 Å². The van der Waals surface area contributed by atoms with Crippen molar-refractivity contribution in [1.29, 1.82) is 0 Å². The fourth-order valence-corrected chi connectivity index (χ4v) is 3.25. The fourth-order valence-electron chi connectivity index (χ4n) is 3.25. The van der Waals surface area contributed by atoms with Gasteiger partial charge >= 0.3 is 0 Å². The highest BCUT2D eigenvalue weighted by atomic mass is 16.1. The fraction of sp³-hybridized carbons (Fsp3) is 0.273. The average Bonchev–Trinajstić information content (AvgIpc) is 2.67. The van der Waals surface area contributed by atoms with Crippen molar-refractivity contribution >= 4 is 11.6 Å². The van der Waals surface area contributed by atoms with Crippen LogP contribution in [0.4, 0.5) is 5.69 Å². The molecule has 2 heterocycles. The molecule has 6 nitrogen and oxygen atoms in total. The maximum absolute atomic E-state index is 12.3. The molecule has 1 aromatic carbocycles. The maximum atomic E-state index is 12.3. The first-order chi connectivity index (χ1) is 13.4. The van der Waals surface area contributed by atoms with Gasteiger partial charge in [0.25, 0.3) is 5.56 Å². The maximum Gasteiger partial charge on any atom is 0.266 e. The number of aryl methyl sites for hydroxylation is 4. The molecule has 3 rings (SSSR count). The molecular weight excluding hydrogens is 352 g/mol. The number of carbonyl (C=O) groups excluding carboxylic acids is 1. The number of aromatic nitrogens is 3. The highest BCUT2D eigenvalue weighted by Crippen LogP contribution is 2.22. The van der Waals surface area contributed by atoms with Crippen LogP contribution in [0.1, 0.15) is 29.5 Å². The van der Waals surface area contributed by atoms with Gasteiger partial charge in [-0.15, -0.1) is 0 Å². The molecule has 0 aliphatic rings. The molecule has 0 saturated heterocycles. The summed E-state index contributed by atoms with van der Waals surface area (Å²) in [5.41, 5.74) is 5.56. The molecule has 28 heavy (non-hydrogen) atoms. The van der Waals surface area contributed by atoms with Crippen LogP contribution in [0, 0.1) is 20.8 Å². The molecule has 0 atom stereocenters.